The number of carbonyl (C=O) groups excluding carboxylic acids is 2. The first-order valence-electron chi connectivity index (χ1n) is 8.35. The van der Waals surface area contributed by atoms with Gasteiger partial charge in [-0.25, -0.2) is 9.37 Å². The first-order valence-corrected chi connectivity index (χ1v) is 8.73. The Morgan fingerprint density at radius 2 is 1.63 bits per heavy atom. The molecule has 0 saturated heterocycles. The monoisotopic (exact) mass is 437 g/mol. The van der Waals surface area contributed by atoms with E-state index in [-0.39, 0.29) is 22.0 Å². The lowest BCUT2D eigenvalue weighted by Crippen LogP contribution is -2.18. The van der Waals surface area contributed by atoms with Gasteiger partial charge in [0, 0.05) is 17.4 Å². The molecule has 3 aromatic rings. The molecule has 0 aliphatic heterocycles. The summed E-state index contributed by atoms with van der Waals surface area (Å²) in [6, 6.07) is 10.1. The molecule has 2 N–H and O–H groups in total. The SMILES string of the molecule is O=C(Nc1ccc(NC(=O)c2cccnc2Cl)c(C(F)(F)F)c1)c1ccc(F)cc1. The summed E-state index contributed by atoms with van der Waals surface area (Å²) >= 11 is 5.80. The van der Waals surface area contributed by atoms with E-state index in [0.29, 0.717) is 6.07 Å². The summed E-state index contributed by atoms with van der Waals surface area (Å²) in [6.45, 7) is 0. The number of rotatable bonds is 4. The van der Waals surface area contributed by atoms with Crippen molar-refractivity contribution >= 4 is 34.8 Å². The molecule has 0 saturated carbocycles. The van der Waals surface area contributed by atoms with Crippen molar-refractivity contribution in [3.63, 3.8) is 0 Å². The third-order valence-corrected chi connectivity index (χ3v) is 4.24. The number of anilines is 2. The fourth-order valence-corrected chi connectivity index (χ4v) is 2.72. The van der Waals surface area contributed by atoms with Crippen molar-refractivity contribution in [2.24, 2.45) is 0 Å². The quantitative estimate of drug-likeness (QED) is 0.424. The van der Waals surface area contributed by atoms with E-state index in [0.717, 1.165) is 18.2 Å². The Kier molecular flexibility index (Phi) is 6.02. The molecule has 0 aliphatic rings. The van der Waals surface area contributed by atoms with Gasteiger partial charge < -0.3 is 10.6 Å². The average molecular weight is 438 g/mol. The van der Waals surface area contributed by atoms with Crippen molar-refractivity contribution in [3.8, 4) is 0 Å². The molecule has 1 aromatic heterocycles. The van der Waals surface area contributed by atoms with Crippen molar-refractivity contribution in [1.29, 1.82) is 0 Å². The molecule has 3 rings (SSSR count). The highest BCUT2D eigenvalue weighted by atomic mass is 35.5. The largest absolute Gasteiger partial charge is 0.418 e. The van der Waals surface area contributed by atoms with Gasteiger partial charge in [0.05, 0.1) is 16.8 Å². The van der Waals surface area contributed by atoms with Gasteiger partial charge in [0.1, 0.15) is 11.0 Å². The number of halogens is 5. The fourth-order valence-electron chi connectivity index (χ4n) is 2.52. The van der Waals surface area contributed by atoms with Crippen molar-refractivity contribution in [2.45, 2.75) is 6.18 Å². The second-order valence-corrected chi connectivity index (χ2v) is 6.37. The predicted octanol–water partition coefficient (Wildman–Crippen LogP) is 5.40. The Morgan fingerprint density at radius 1 is 0.933 bits per heavy atom. The van der Waals surface area contributed by atoms with Crippen LogP contribution in [0.3, 0.4) is 0 Å². The van der Waals surface area contributed by atoms with Gasteiger partial charge in [-0.05, 0) is 54.6 Å². The third-order valence-electron chi connectivity index (χ3n) is 3.94. The van der Waals surface area contributed by atoms with Crippen molar-refractivity contribution in [3.05, 3.63) is 88.5 Å². The number of carbonyl (C=O) groups is 2. The van der Waals surface area contributed by atoms with Gasteiger partial charge >= 0.3 is 6.18 Å². The maximum absolute atomic E-state index is 13.5. The van der Waals surface area contributed by atoms with Crippen LogP contribution in [0.15, 0.2) is 60.8 Å². The van der Waals surface area contributed by atoms with Gasteiger partial charge in [-0.3, -0.25) is 9.59 Å². The minimum Gasteiger partial charge on any atom is -0.322 e. The number of hydrogen-bond donors (Lipinski definition) is 2. The van der Waals surface area contributed by atoms with Crippen LogP contribution >= 0.6 is 11.6 Å². The van der Waals surface area contributed by atoms with E-state index in [1.165, 1.54) is 36.5 Å². The molecule has 10 heteroatoms. The number of nitrogens with one attached hydrogen (secondary N) is 2. The molecule has 5 nitrogen and oxygen atoms in total. The molecule has 0 atom stereocenters. The van der Waals surface area contributed by atoms with E-state index in [1.54, 1.807) is 0 Å². The first-order chi connectivity index (χ1) is 14.1. The molecule has 0 radical (unpaired) electrons. The number of alkyl halides is 3. The van der Waals surface area contributed by atoms with E-state index >= 15 is 0 Å². The topological polar surface area (TPSA) is 71.1 Å². The van der Waals surface area contributed by atoms with Gasteiger partial charge in [-0.2, -0.15) is 13.2 Å². The normalized spacial score (nSPS) is 11.1. The Morgan fingerprint density at radius 3 is 2.27 bits per heavy atom. The van der Waals surface area contributed by atoms with Crippen LogP contribution in [0.25, 0.3) is 0 Å². The van der Waals surface area contributed by atoms with Gasteiger partial charge in [0.25, 0.3) is 11.8 Å². The zero-order valence-electron chi connectivity index (χ0n) is 14.9. The summed E-state index contributed by atoms with van der Waals surface area (Å²) in [4.78, 5) is 28.2. The molecular formula is C20H12ClF4N3O2. The molecule has 0 bridgehead atoms. The smallest absolute Gasteiger partial charge is 0.322 e. The number of aromatic nitrogens is 1. The van der Waals surface area contributed by atoms with E-state index in [9.17, 15) is 27.2 Å². The molecular weight excluding hydrogens is 426 g/mol. The summed E-state index contributed by atoms with van der Waals surface area (Å²) in [5.41, 5.74) is -1.89. The number of benzene rings is 2. The number of hydrogen-bond acceptors (Lipinski definition) is 3. The second kappa shape index (κ2) is 8.50. The zero-order chi connectivity index (χ0) is 21.9. The zero-order valence-corrected chi connectivity index (χ0v) is 15.7. The van der Waals surface area contributed by atoms with Crippen molar-refractivity contribution < 1.29 is 27.2 Å². The third kappa shape index (κ3) is 4.93. The standard InChI is InChI=1S/C20H12ClF4N3O2/c21-17-14(2-1-9-26-17)19(30)28-16-8-7-13(10-15(16)20(23,24)25)27-18(29)11-3-5-12(22)6-4-11/h1-10H,(H,27,29)(H,28,30). The highest BCUT2D eigenvalue weighted by Gasteiger charge is 2.34. The molecule has 154 valence electrons. The lowest BCUT2D eigenvalue weighted by molar-refractivity contribution is -0.136. The van der Waals surface area contributed by atoms with Gasteiger partial charge in [-0.15, -0.1) is 0 Å². The Hall–Kier alpha value is -3.46. The summed E-state index contributed by atoms with van der Waals surface area (Å²) in [5.74, 6) is -2.15. The highest BCUT2D eigenvalue weighted by molar-refractivity contribution is 6.33. The minimum atomic E-state index is -4.82. The van der Waals surface area contributed by atoms with Crippen LogP contribution in [0.4, 0.5) is 28.9 Å². The molecule has 0 spiro atoms. The summed E-state index contributed by atoms with van der Waals surface area (Å²) in [5, 5.41) is 4.30. The highest BCUT2D eigenvalue weighted by Crippen LogP contribution is 2.37. The Balaban J connectivity index is 1.87. The maximum atomic E-state index is 13.5. The van der Waals surface area contributed by atoms with Crippen LogP contribution < -0.4 is 10.6 Å². The van der Waals surface area contributed by atoms with E-state index in [2.05, 4.69) is 15.6 Å². The lowest BCUT2D eigenvalue weighted by atomic mass is 10.1. The first kappa shape index (κ1) is 21.3. The van der Waals surface area contributed by atoms with E-state index in [1.807, 2.05) is 0 Å². The van der Waals surface area contributed by atoms with Gasteiger partial charge in [0.15, 0.2) is 0 Å². The molecule has 30 heavy (non-hydrogen) atoms. The number of pyridine rings is 1. The van der Waals surface area contributed by atoms with Crippen molar-refractivity contribution in [2.75, 3.05) is 10.6 Å². The van der Waals surface area contributed by atoms with Crippen molar-refractivity contribution in [1.82, 2.24) is 4.98 Å². The molecule has 2 aromatic carbocycles. The average Bonchev–Trinajstić information content (AvgIpc) is 2.69. The molecule has 2 amide bonds. The second-order valence-electron chi connectivity index (χ2n) is 6.02. The fraction of sp³-hybridized carbons (Fsp3) is 0.0500. The minimum absolute atomic E-state index is 0.0635. The van der Waals surface area contributed by atoms with Crippen LogP contribution in [0.1, 0.15) is 26.3 Å². The van der Waals surface area contributed by atoms with E-state index < -0.39 is 35.1 Å². The molecule has 0 aliphatic carbocycles. The van der Waals surface area contributed by atoms with E-state index in [4.69, 9.17) is 11.6 Å². The van der Waals surface area contributed by atoms with Crippen LogP contribution in [-0.2, 0) is 6.18 Å². The van der Waals surface area contributed by atoms with Crippen LogP contribution in [0, 0.1) is 5.82 Å². The maximum Gasteiger partial charge on any atom is 0.418 e. The van der Waals surface area contributed by atoms with Crippen LogP contribution in [-0.4, -0.2) is 16.8 Å². The summed E-state index contributed by atoms with van der Waals surface area (Å²) in [6.07, 6.45) is -3.49. The summed E-state index contributed by atoms with van der Waals surface area (Å²) < 4.78 is 53.5. The predicted molar refractivity (Wildman–Crippen MR) is 103 cm³/mol. The van der Waals surface area contributed by atoms with Crippen LogP contribution in [0.5, 0.6) is 0 Å². The molecule has 1 heterocycles. The number of amides is 2. The number of nitrogens with zero attached hydrogens (tertiary/aromatic N) is 1. The lowest BCUT2D eigenvalue weighted by Gasteiger charge is -2.16. The van der Waals surface area contributed by atoms with Crippen LogP contribution in [0.2, 0.25) is 5.15 Å². The summed E-state index contributed by atoms with van der Waals surface area (Å²) in [7, 11) is 0. The Bertz CT molecular complexity index is 1100. The molecule has 0 fully saturated rings. The Labute approximate surface area is 172 Å². The van der Waals surface area contributed by atoms with Gasteiger partial charge in [0.2, 0.25) is 0 Å². The van der Waals surface area contributed by atoms with Gasteiger partial charge in [-0.1, -0.05) is 11.6 Å². The molecule has 0 unspecified atom stereocenters.